The Labute approximate surface area is 241 Å². The second kappa shape index (κ2) is 11.5. The standard InChI is InChI=1S/C33H39N7O/c1-5-40-31-26(19-35-33(38-31)37-27-8-6-23(7-9-27)24-12-15-34-16-13-24)18-29(32(40)41)28-10-11-30(36-22(28)4)25-14-17-39(20-25)21(2)3/h6-12,18-19,21,25,34H,5,13-17,20H2,1-4H3,(H,35,37,38). The van der Waals surface area contributed by atoms with Crippen molar-refractivity contribution in [1.29, 1.82) is 0 Å². The van der Waals surface area contributed by atoms with Gasteiger partial charge in [0, 0.05) is 71.4 Å². The highest BCUT2D eigenvalue weighted by molar-refractivity contribution is 5.82. The van der Waals surface area contributed by atoms with Gasteiger partial charge in [-0.1, -0.05) is 24.3 Å². The van der Waals surface area contributed by atoms with Gasteiger partial charge in [-0.15, -0.1) is 0 Å². The molecule has 2 aliphatic heterocycles. The number of nitrogens with one attached hydrogen (secondary N) is 2. The molecule has 1 atom stereocenters. The van der Waals surface area contributed by atoms with Crippen LogP contribution in [0.15, 0.2) is 59.5 Å². The summed E-state index contributed by atoms with van der Waals surface area (Å²) in [5.41, 5.74) is 7.58. The van der Waals surface area contributed by atoms with Crippen LogP contribution in [0.2, 0.25) is 0 Å². The van der Waals surface area contributed by atoms with E-state index < -0.39 is 0 Å². The summed E-state index contributed by atoms with van der Waals surface area (Å²) in [7, 11) is 0. The summed E-state index contributed by atoms with van der Waals surface area (Å²) in [4.78, 5) is 30.5. The molecule has 2 aliphatic rings. The van der Waals surface area contributed by atoms with Crippen LogP contribution in [0, 0.1) is 6.92 Å². The number of hydrogen-bond donors (Lipinski definition) is 2. The molecule has 3 aromatic heterocycles. The topological polar surface area (TPSA) is 88.0 Å². The van der Waals surface area contributed by atoms with E-state index in [-0.39, 0.29) is 5.56 Å². The van der Waals surface area contributed by atoms with Gasteiger partial charge < -0.3 is 15.5 Å². The fourth-order valence-corrected chi connectivity index (χ4v) is 6.08. The molecule has 1 unspecified atom stereocenters. The van der Waals surface area contributed by atoms with Crippen LogP contribution < -0.4 is 16.2 Å². The predicted octanol–water partition coefficient (Wildman–Crippen LogP) is 5.50. The van der Waals surface area contributed by atoms with Gasteiger partial charge in [0.15, 0.2) is 0 Å². The molecule has 0 radical (unpaired) electrons. The molecular formula is C33H39N7O. The second-order valence-corrected chi connectivity index (χ2v) is 11.4. The van der Waals surface area contributed by atoms with E-state index >= 15 is 0 Å². The van der Waals surface area contributed by atoms with Gasteiger partial charge in [-0.2, -0.15) is 4.98 Å². The van der Waals surface area contributed by atoms with E-state index in [0.717, 1.165) is 67.0 Å². The Morgan fingerprint density at radius 3 is 2.61 bits per heavy atom. The Balaban J connectivity index is 1.27. The molecule has 212 valence electrons. The van der Waals surface area contributed by atoms with Crippen molar-refractivity contribution in [2.45, 2.75) is 59.0 Å². The normalized spacial score (nSPS) is 17.8. The van der Waals surface area contributed by atoms with Crippen molar-refractivity contribution in [3.8, 4) is 11.1 Å². The zero-order valence-electron chi connectivity index (χ0n) is 24.4. The van der Waals surface area contributed by atoms with E-state index in [1.807, 2.05) is 32.0 Å². The van der Waals surface area contributed by atoms with Crippen LogP contribution >= 0.6 is 0 Å². The van der Waals surface area contributed by atoms with Gasteiger partial charge in [-0.05, 0) is 89.0 Å². The molecule has 8 heteroatoms. The Hall–Kier alpha value is -3.88. The van der Waals surface area contributed by atoms with Crippen LogP contribution in [-0.4, -0.2) is 56.6 Å². The molecule has 0 saturated carbocycles. The van der Waals surface area contributed by atoms with E-state index in [2.05, 4.69) is 64.7 Å². The van der Waals surface area contributed by atoms with Crippen molar-refractivity contribution in [3.63, 3.8) is 0 Å². The van der Waals surface area contributed by atoms with E-state index in [9.17, 15) is 4.79 Å². The van der Waals surface area contributed by atoms with Crippen molar-refractivity contribution in [2.24, 2.45) is 0 Å². The number of aryl methyl sites for hydroxylation is 2. The first kappa shape index (κ1) is 27.3. The first-order valence-corrected chi connectivity index (χ1v) is 14.8. The third-order valence-electron chi connectivity index (χ3n) is 8.48. The monoisotopic (exact) mass is 549 g/mol. The van der Waals surface area contributed by atoms with Gasteiger partial charge in [0.2, 0.25) is 5.95 Å². The number of anilines is 2. The molecule has 2 N–H and O–H groups in total. The molecule has 0 spiro atoms. The van der Waals surface area contributed by atoms with Crippen molar-refractivity contribution in [1.82, 2.24) is 29.7 Å². The molecule has 0 aliphatic carbocycles. The third kappa shape index (κ3) is 5.54. The zero-order valence-corrected chi connectivity index (χ0v) is 24.4. The van der Waals surface area contributed by atoms with E-state index in [4.69, 9.17) is 9.97 Å². The molecule has 1 fully saturated rings. The van der Waals surface area contributed by atoms with Crippen molar-refractivity contribution >= 4 is 28.2 Å². The van der Waals surface area contributed by atoms with E-state index in [0.29, 0.717) is 35.7 Å². The number of aromatic nitrogens is 4. The van der Waals surface area contributed by atoms with Crippen molar-refractivity contribution < 1.29 is 0 Å². The SMILES string of the molecule is CCn1c(=O)c(-c2ccc(C3CCN(C(C)C)C3)nc2C)cc2cnc(Nc3ccc(C4=CCNCC4)cc3)nc21. The van der Waals surface area contributed by atoms with Crippen molar-refractivity contribution in [3.05, 3.63) is 82.0 Å². The minimum absolute atomic E-state index is 0.0613. The summed E-state index contributed by atoms with van der Waals surface area (Å²) in [6.45, 7) is 13.1. The van der Waals surface area contributed by atoms with E-state index in [1.165, 1.54) is 11.1 Å². The van der Waals surface area contributed by atoms with Gasteiger partial charge >= 0.3 is 0 Å². The highest BCUT2D eigenvalue weighted by atomic mass is 16.1. The molecule has 8 nitrogen and oxygen atoms in total. The van der Waals surface area contributed by atoms with Gasteiger partial charge in [-0.25, -0.2) is 4.98 Å². The molecule has 0 amide bonds. The smallest absolute Gasteiger partial charge is 0.260 e. The molecular weight excluding hydrogens is 510 g/mol. The largest absolute Gasteiger partial charge is 0.324 e. The summed E-state index contributed by atoms with van der Waals surface area (Å²) in [5, 5.41) is 7.49. The highest BCUT2D eigenvalue weighted by Gasteiger charge is 2.27. The summed E-state index contributed by atoms with van der Waals surface area (Å²) in [6.07, 6.45) is 6.20. The molecule has 4 aromatic rings. The van der Waals surface area contributed by atoms with Crippen molar-refractivity contribution in [2.75, 3.05) is 31.5 Å². The summed E-state index contributed by atoms with van der Waals surface area (Å²) in [6, 6.07) is 15.0. The number of benzene rings is 1. The van der Waals surface area contributed by atoms with Crippen LogP contribution in [0.25, 0.3) is 27.7 Å². The molecule has 1 aromatic carbocycles. The van der Waals surface area contributed by atoms with Gasteiger partial charge in [-0.3, -0.25) is 14.3 Å². The predicted molar refractivity (Wildman–Crippen MR) is 167 cm³/mol. The lowest BCUT2D eigenvalue weighted by Crippen LogP contribution is -2.28. The van der Waals surface area contributed by atoms with Crippen LogP contribution in [0.5, 0.6) is 0 Å². The van der Waals surface area contributed by atoms with Crippen LogP contribution in [0.4, 0.5) is 11.6 Å². The minimum Gasteiger partial charge on any atom is -0.324 e. The molecule has 6 rings (SSSR count). The number of rotatable bonds is 7. The Kier molecular flexibility index (Phi) is 7.69. The van der Waals surface area contributed by atoms with Crippen LogP contribution in [0.3, 0.4) is 0 Å². The fraction of sp³-hybridized carbons (Fsp3) is 0.394. The molecule has 1 saturated heterocycles. The van der Waals surface area contributed by atoms with Crippen LogP contribution in [-0.2, 0) is 6.54 Å². The van der Waals surface area contributed by atoms with E-state index in [1.54, 1.807) is 10.8 Å². The summed E-state index contributed by atoms with van der Waals surface area (Å²) >= 11 is 0. The lowest BCUT2D eigenvalue weighted by atomic mass is 9.99. The van der Waals surface area contributed by atoms with Gasteiger partial charge in [0.05, 0.1) is 0 Å². The third-order valence-corrected chi connectivity index (χ3v) is 8.48. The number of fused-ring (bicyclic) bond motifs is 1. The lowest BCUT2D eigenvalue weighted by molar-refractivity contribution is 0.272. The molecule has 5 heterocycles. The maximum Gasteiger partial charge on any atom is 0.260 e. The quantitative estimate of drug-likeness (QED) is 0.315. The number of pyridine rings is 2. The summed E-state index contributed by atoms with van der Waals surface area (Å²) in [5.74, 6) is 0.904. The van der Waals surface area contributed by atoms with Gasteiger partial charge in [0.25, 0.3) is 5.56 Å². The number of likely N-dealkylation sites (tertiary alicyclic amines) is 1. The maximum absolute atomic E-state index is 13.7. The maximum atomic E-state index is 13.7. The Bertz CT molecular complexity index is 1660. The second-order valence-electron chi connectivity index (χ2n) is 11.4. The van der Waals surface area contributed by atoms with Gasteiger partial charge in [0.1, 0.15) is 5.65 Å². The minimum atomic E-state index is -0.0613. The highest BCUT2D eigenvalue weighted by Crippen LogP contribution is 2.30. The first-order chi connectivity index (χ1) is 19.9. The molecule has 41 heavy (non-hydrogen) atoms. The fourth-order valence-electron chi connectivity index (χ4n) is 6.08. The average Bonchev–Trinajstić information content (AvgIpc) is 3.49. The summed E-state index contributed by atoms with van der Waals surface area (Å²) < 4.78 is 1.73. The lowest BCUT2D eigenvalue weighted by Gasteiger charge is -2.20. The average molecular weight is 550 g/mol. The van der Waals surface area contributed by atoms with Crippen LogP contribution in [0.1, 0.15) is 56.5 Å². The number of hydrogen-bond acceptors (Lipinski definition) is 7. The zero-order chi connectivity index (χ0) is 28.5. The first-order valence-electron chi connectivity index (χ1n) is 14.8. The Morgan fingerprint density at radius 2 is 1.93 bits per heavy atom. The Morgan fingerprint density at radius 1 is 1.10 bits per heavy atom. The molecule has 0 bridgehead atoms. The number of nitrogens with zero attached hydrogens (tertiary/aromatic N) is 5.